The molecule has 5 nitrogen and oxygen atoms in total. The standard InChI is InChI=1S/C21H20N4O/c1-3-19(26)13-16-9-11-18(12-10-16)23-20-15(2)14-22-21(25-20)24-17-7-5-4-6-8-17/h3-12,14H,1,13H2,2H3,(H2,22,23,24,25). The molecule has 0 saturated carbocycles. The van der Waals surface area contributed by atoms with Crippen molar-refractivity contribution < 1.29 is 4.79 Å². The van der Waals surface area contributed by atoms with Gasteiger partial charge >= 0.3 is 0 Å². The minimum Gasteiger partial charge on any atom is -0.340 e. The van der Waals surface area contributed by atoms with Crippen molar-refractivity contribution in [2.24, 2.45) is 0 Å². The van der Waals surface area contributed by atoms with Crippen LogP contribution in [0.2, 0.25) is 0 Å². The third kappa shape index (κ3) is 4.54. The smallest absolute Gasteiger partial charge is 0.229 e. The average Bonchev–Trinajstić information content (AvgIpc) is 2.67. The van der Waals surface area contributed by atoms with Gasteiger partial charge in [-0.2, -0.15) is 4.98 Å². The summed E-state index contributed by atoms with van der Waals surface area (Å²) in [6.45, 7) is 5.45. The minimum atomic E-state index is 0.00832. The van der Waals surface area contributed by atoms with Gasteiger partial charge in [-0.3, -0.25) is 4.79 Å². The number of para-hydroxylation sites is 1. The van der Waals surface area contributed by atoms with Gasteiger partial charge in [-0.25, -0.2) is 4.98 Å². The molecule has 0 unspecified atom stereocenters. The highest BCUT2D eigenvalue weighted by atomic mass is 16.1. The first-order chi connectivity index (χ1) is 12.6. The van der Waals surface area contributed by atoms with Gasteiger partial charge in [-0.1, -0.05) is 36.9 Å². The lowest BCUT2D eigenvalue weighted by Crippen LogP contribution is -2.03. The zero-order chi connectivity index (χ0) is 18.4. The molecule has 0 amide bonds. The second-order valence-electron chi connectivity index (χ2n) is 5.89. The highest BCUT2D eigenvalue weighted by Crippen LogP contribution is 2.21. The summed E-state index contributed by atoms with van der Waals surface area (Å²) in [5, 5.41) is 6.48. The van der Waals surface area contributed by atoms with Crippen molar-refractivity contribution in [1.82, 2.24) is 9.97 Å². The lowest BCUT2D eigenvalue weighted by atomic mass is 10.1. The van der Waals surface area contributed by atoms with Crippen LogP contribution in [0.5, 0.6) is 0 Å². The lowest BCUT2D eigenvalue weighted by Gasteiger charge is -2.11. The topological polar surface area (TPSA) is 66.9 Å². The maximum Gasteiger partial charge on any atom is 0.229 e. The summed E-state index contributed by atoms with van der Waals surface area (Å²) in [6.07, 6.45) is 3.48. The molecule has 2 N–H and O–H groups in total. The number of nitrogens with one attached hydrogen (secondary N) is 2. The summed E-state index contributed by atoms with van der Waals surface area (Å²) in [5.41, 5.74) is 3.71. The fraction of sp³-hybridized carbons (Fsp3) is 0.0952. The van der Waals surface area contributed by atoms with E-state index < -0.39 is 0 Å². The Hall–Kier alpha value is -3.47. The Morgan fingerprint density at radius 3 is 2.42 bits per heavy atom. The summed E-state index contributed by atoms with van der Waals surface area (Å²) in [6, 6.07) is 17.5. The van der Waals surface area contributed by atoms with Crippen LogP contribution in [0.25, 0.3) is 0 Å². The minimum absolute atomic E-state index is 0.00832. The van der Waals surface area contributed by atoms with E-state index in [2.05, 4.69) is 27.2 Å². The summed E-state index contributed by atoms with van der Waals surface area (Å²) in [5.74, 6) is 1.26. The zero-order valence-corrected chi connectivity index (χ0v) is 14.6. The molecule has 0 radical (unpaired) electrons. The van der Waals surface area contributed by atoms with Crippen LogP contribution < -0.4 is 10.6 Å². The molecule has 0 fully saturated rings. The number of carbonyl (C=O) groups is 1. The molecule has 1 aromatic heterocycles. The van der Waals surface area contributed by atoms with E-state index in [-0.39, 0.29) is 5.78 Å². The van der Waals surface area contributed by atoms with Gasteiger partial charge in [-0.15, -0.1) is 0 Å². The van der Waals surface area contributed by atoms with Crippen molar-refractivity contribution in [3.63, 3.8) is 0 Å². The summed E-state index contributed by atoms with van der Waals surface area (Å²) in [4.78, 5) is 20.3. The molecular weight excluding hydrogens is 324 g/mol. The molecule has 0 atom stereocenters. The Morgan fingerprint density at radius 1 is 1.04 bits per heavy atom. The molecule has 3 rings (SSSR count). The molecule has 0 aliphatic heterocycles. The summed E-state index contributed by atoms with van der Waals surface area (Å²) in [7, 11) is 0. The Kier molecular flexibility index (Phi) is 5.39. The molecule has 0 aliphatic carbocycles. The largest absolute Gasteiger partial charge is 0.340 e. The van der Waals surface area contributed by atoms with Gasteiger partial charge in [0.05, 0.1) is 0 Å². The van der Waals surface area contributed by atoms with Crippen molar-refractivity contribution in [2.45, 2.75) is 13.3 Å². The van der Waals surface area contributed by atoms with Gasteiger partial charge in [0.1, 0.15) is 5.82 Å². The maximum absolute atomic E-state index is 11.4. The third-order valence-corrected chi connectivity index (χ3v) is 3.82. The van der Waals surface area contributed by atoms with Gasteiger partial charge < -0.3 is 10.6 Å². The SMILES string of the molecule is C=CC(=O)Cc1ccc(Nc2nc(Nc3ccccc3)ncc2C)cc1. The van der Waals surface area contributed by atoms with Crippen LogP contribution >= 0.6 is 0 Å². The number of rotatable bonds is 7. The van der Waals surface area contributed by atoms with Gasteiger partial charge in [0.25, 0.3) is 0 Å². The van der Waals surface area contributed by atoms with Crippen LogP contribution in [-0.2, 0) is 11.2 Å². The predicted octanol–water partition coefficient (Wildman–Crippen LogP) is 4.57. The number of allylic oxidation sites excluding steroid dienone is 1. The first kappa shape index (κ1) is 17.4. The molecule has 5 heteroatoms. The van der Waals surface area contributed by atoms with E-state index in [1.54, 1.807) is 6.20 Å². The number of anilines is 4. The average molecular weight is 344 g/mol. The second-order valence-corrected chi connectivity index (χ2v) is 5.89. The Balaban J connectivity index is 1.73. The monoisotopic (exact) mass is 344 g/mol. The second kappa shape index (κ2) is 8.07. The number of aryl methyl sites for hydroxylation is 1. The van der Waals surface area contributed by atoms with Crippen LogP contribution in [0.1, 0.15) is 11.1 Å². The van der Waals surface area contributed by atoms with Crippen molar-refractivity contribution in [2.75, 3.05) is 10.6 Å². The van der Waals surface area contributed by atoms with E-state index in [0.29, 0.717) is 12.4 Å². The summed E-state index contributed by atoms with van der Waals surface area (Å²) < 4.78 is 0. The Morgan fingerprint density at radius 2 is 1.73 bits per heavy atom. The molecule has 0 bridgehead atoms. The van der Waals surface area contributed by atoms with Gasteiger partial charge in [0, 0.05) is 29.6 Å². The van der Waals surface area contributed by atoms with Crippen molar-refractivity contribution >= 4 is 28.9 Å². The number of ketones is 1. The number of carbonyl (C=O) groups excluding carboxylic acids is 1. The van der Waals surface area contributed by atoms with E-state index in [0.717, 1.165) is 28.3 Å². The van der Waals surface area contributed by atoms with Crippen LogP contribution in [-0.4, -0.2) is 15.8 Å². The van der Waals surface area contributed by atoms with Crippen molar-refractivity contribution in [1.29, 1.82) is 0 Å². The zero-order valence-electron chi connectivity index (χ0n) is 14.6. The molecular formula is C21H20N4O. The highest BCUT2D eigenvalue weighted by Gasteiger charge is 2.06. The Labute approximate surface area is 152 Å². The van der Waals surface area contributed by atoms with E-state index in [9.17, 15) is 4.79 Å². The number of aromatic nitrogens is 2. The predicted molar refractivity (Wildman–Crippen MR) is 105 cm³/mol. The third-order valence-electron chi connectivity index (χ3n) is 3.82. The molecule has 2 aromatic carbocycles. The molecule has 1 heterocycles. The van der Waals surface area contributed by atoms with Crippen LogP contribution in [0.15, 0.2) is 73.4 Å². The quantitative estimate of drug-likeness (QED) is 0.615. The van der Waals surface area contributed by atoms with Crippen LogP contribution in [0.3, 0.4) is 0 Å². The maximum atomic E-state index is 11.4. The fourth-order valence-electron chi connectivity index (χ4n) is 2.40. The number of hydrogen-bond donors (Lipinski definition) is 2. The first-order valence-corrected chi connectivity index (χ1v) is 8.31. The van der Waals surface area contributed by atoms with E-state index in [1.165, 1.54) is 6.08 Å². The molecule has 130 valence electrons. The number of hydrogen-bond acceptors (Lipinski definition) is 5. The molecule has 26 heavy (non-hydrogen) atoms. The van der Waals surface area contributed by atoms with E-state index in [4.69, 9.17) is 0 Å². The van der Waals surface area contributed by atoms with Gasteiger partial charge in [0.15, 0.2) is 5.78 Å². The Bertz CT molecular complexity index is 905. The van der Waals surface area contributed by atoms with E-state index >= 15 is 0 Å². The van der Waals surface area contributed by atoms with Crippen LogP contribution in [0.4, 0.5) is 23.1 Å². The lowest BCUT2D eigenvalue weighted by molar-refractivity contribution is -0.114. The highest BCUT2D eigenvalue weighted by molar-refractivity contribution is 5.90. The molecule has 0 spiro atoms. The summed E-state index contributed by atoms with van der Waals surface area (Å²) >= 11 is 0. The molecule has 3 aromatic rings. The first-order valence-electron chi connectivity index (χ1n) is 8.31. The molecule has 0 aliphatic rings. The fourth-order valence-corrected chi connectivity index (χ4v) is 2.40. The van der Waals surface area contributed by atoms with E-state index in [1.807, 2.05) is 61.5 Å². The van der Waals surface area contributed by atoms with Crippen molar-refractivity contribution in [3.8, 4) is 0 Å². The molecule has 0 saturated heterocycles. The normalized spacial score (nSPS) is 10.2. The van der Waals surface area contributed by atoms with Gasteiger partial charge in [0.2, 0.25) is 5.95 Å². The van der Waals surface area contributed by atoms with Crippen LogP contribution in [0, 0.1) is 6.92 Å². The van der Waals surface area contributed by atoms with Crippen molar-refractivity contribution in [3.05, 3.63) is 84.6 Å². The number of nitrogens with zero attached hydrogens (tertiary/aromatic N) is 2. The number of benzene rings is 2. The van der Waals surface area contributed by atoms with Gasteiger partial charge in [-0.05, 0) is 42.8 Å².